The van der Waals surface area contributed by atoms with Gasteiger partial charge in [-0.25, -0.2) is 19.4 Å². The second-order valence-corrected chi connectivity index (χ2v) is 6.07. The van der Waals surface area contributed by atoms with Crippen LogP contribution in [0.15, 0.2) is 31.0 Å². The fourth-order valence-corrected chi connectivity index (χ4v) is 2.43. The highest BCUT2D eigenvalue weighted by Crippen LogP contribution is 2.11. The zero-order chi connectivity index (χ0) is 16.8. The molecule has 0 fully saturated rings. The molecule has 23 heavy (non-hydrogen) atoms. The Balaban J connectivity index is 2.00. The van der Waals surface area contributed by atoms with Crippen molar-refractivity contribution in [2.75, 3.05) is 7.05 Å². The SMILES string of the molecule is CC(C)C[C@H](C)N(C)C(=O)NCc1cccnc1-n1cncn1. The number of nitrogens with one attached hydrogen (secondary N) is 1. The predicted octanol–water partition coefficient (Wildman–Crippen LogP) is 2.24. The molecule has 7 nitrogen and oxygen atoms in total. The van der Waals surface area contributed by atoms with E-state index in [4.69, 9.17) is 0 Å². The molecule has 0 aromatic carbocycles. The number of rotatable bonds is 6. The van der Waals surface area contributed by atoms with Crippen LogP contribution < -0.4 is 5.32 Å². The van der Waals surface area contributed by atoms with Crippen molar-refractivity contribution in [2.24, 2.45) is 5.92 Å². The normalized spacial score (nSPS) is 12.2. The van der Waals surface area contributed by atoms with Crippen LogP contribution in [0.5, 0.6) is 0 Å². The highest BCUT2D eigenvalue weighted by molar-refractivity contribution is 5.74. The molecule has 0 aliphatic rings. The average molecular weight is 316 g/mol. The Morgan fingerprint density at radius 1 is 1.39 bits per heavy atom. The lowest BCUT2D eigenvalue weighted by molar-refractivity contribution is 0.186. The Hall–Kier alpha value is -2.44. The van der Waals surface area contributed by atoms with E-state index >= 15 is 0 Å². The topological polar surface area (TPSA) is 75.9 Å². The lowest BCUT2D eigenvalue weighted by Gasteiger charge is -2.26. The first-order chi connectivity index (χ1) is 11.0. The van der Waals surface area contributed by atoms with Crippen molar-refractivity contribution in [2.45, 2.75) is 39.8 Å². The van der Waals surface area contributed by atoms with E-state index in [1.165, 1.54) is 6.33 Å². The van der Waals surface area contributed by atoms with Crippen molar-refractivity contribution in [1.29, 1.82) is 0 Å². The monoisotopic (exact) mass is 316 g/mol. The quantitative estimate of drug-likeness (QED) is 0.887. The third kappa shape index (κ3) is 4.51. The van der Waals surface area contributed by atoms with Gasteiger partial charge in [0.05, 0.1) is 0 Å². The number of nitrogens with zero attached hydrogens (tertiary/aromatic N) is 5. The first-order valence-electron chi connectivity index (χ1n) is 7.78. The minimum atomic E-state index is -0.0912. The van der Waals surface area contributed by atoms with Crippen LogP contribution in [0.3, 0.4) is 0 Å². The van der Waals surface area contributed by atoms with Gasteiger partial charge < -0.3 is 10.2 Å². The summed E-state index contributed by atoms with van der Waals surface area (Å²) in [6.45, 7) is 6.76. The molecule has 7 heteroatoms. The van der Waals surface area contributed by atoms with Gasteiger partial charge in [-0.05, 0) is 25.3 Å². The first kappa shape index (κ1) is 16.9. The van der Waals surface area contributed by atoms with Gasteiger partial charge in [0.25, 0.3) is 0 Å². The number of hydrogen-bond acceptors (Lipinski definition) is 4. The van der Waals surface area contributed by atoms with Crippen molar-refractivity contribution in [3.8, 4) is 5.82 Å². The van der Waals surface area contributed by atoms with Crippen LogP contribution in [-0.2, 0) is 6.54 Å². The number of urea groups is 1. The number of aromatic nitrogens is 4. The number of hydrogen-bond donors (Lipinski definition) is 1. The standard InChI is InChI=1S/C16H24N6O/c1-12(2)8-13(3)21(4)16(23)19-9-14-6-5-7-18-15(14)22-11-17-10-20-22/h5-7,10-13H,8-9H2,1-4H3,(H,19,23)/t13-/m0/s1. The highest BCUT2D eigenvalue weighted by Gasteiger charge is 2.17. The van der Waals surface area contributed by atoms with Gasteiger partial charge in [-0.2, -0.15) is 5.10 Å². The maximum atomic E-state index is 12.3. The molecule has 0 radical (unpaired) electrons. The fraction of sp³-hybridized carbons (Fsp3) is 0.500. The molecule has 2 amide bonds. The summed E-state index contributed by atoms with van der Waals surface area (Å²) in [4.78, 5) is 22.3. The lowest BCUT2D eigenvalue weighted by Crippen LogP contribution is -2.42. The van der Waals surface area contributed by atoms with Gasteiger partial charge in [-0.1, -0.05) is 19.9 Å². The molecule has 0 unspecified atom stereocenters. The Kier molecular flexibility index (Phi) is 5.67. The number of pyridine rings is 1. The molecule has 0 aliphatic carbocycles. The van der Waals surface area contributed by atoms with Crippen LogP contribution in [-0.4, -0.2) is 43.8 Å². The minimum Gasteiger partial charge on any atom is -0.334 e. The summed E-state index contributed by atoms with van der Waals surface area (Å²) in [7, 11) is 1.82. The number of carbonyl (C=O) groups is 1. The van der Waals surface area contributed by atoms with Gasteiger partial charge in [0, 0.05) is 31.4 Å². The maximum Gasteiger partial charge on any atom is 0.317 e. The van der Waals surface area contributed by atoms with Crippen LogP contribution in [0.2, 0.25) is 0 Å². The molecule has 0 saturated heterocycles. The number of amides is 2. The van der Waals surface area contributed by atoms with E-state index in [0.29, 0.717) is 18.3 Å². The van der Waals surface area contributed by atoms with Crippen molar-refractivity contribution >= 4 is 6.03 Å². The summed E-state index contributed by atoms with van der Waals surface area (Å²) >= 11 is 0. The van der Waals surface area contributed by atoms with Crippen molar-refractivity contribution in [1.82, 2.24) is 30.0 Å². The molecule has 0 bridgehead atoms. The largest absolute Gasteiger partial charge is 0.334 e. The third-order valence-electron chi connectivity index (χ3n) is 3.73. The zero-order valence-corrected chi connectivity index (χ0v) is 14.1. The molecule has 0 aliphatic heterocycles. The van der Waals surface area contributed by atoms with Crippen molar-refractivity contribution in [3.05, 3.63) is 36.5 Å². The summed E-state index contributed by atoms with van der Waals surface area (Å²) in [5.41, 5.74) is 0.885. The van der Waals surface area contributed by atoms with Gasteiger partial charge >= 0.3 is 6.03 Å². The van der Waals surface area contributed by atoms with Crippen molar-refractivity contribution in [3.63, 3.8) is 0 Å². The Bertz CT molecular complexity index is 625. The molecule has 1 atom stereocenters. The molecular formula is C16H24N6O. The second kappa shape index (κ2) is 7.71. The molecule has 2 heterocycles. The van der Waals surface area contributed by atoms with E-state index in [0.717, 1.165) is 12.0 Å². The molecule has 2 aromatic rings. The second-order valence-electron chi connectivity index (χ2n) is 6.07. The summed E-state index contributed by atoms with van der Waals surface area (Å²) in [5, 5.41) is 7.03. The van der Waals surface area contributed by atoms with E-state index in [-0.39, 0.29) is 12.1 Å². The molecule has 2 rings (SSSR count). The Morgan fingerprint density at radius 2 is 2.17 bits per heavy atom. The number of carbonyl (C=O) groups excluding carboxylic acids is 1. The maximum absolute atomic E-state index is 12.3. The van der Waals surface area contributed by atoms with E-state index in [2.05, 4.69) is 41.2 Å². The van der Waals surface area contributed by atoms with Gasteiger partial charge in [-0.15, -0.1) is 0 Å². The summed E-state index contributed by atoms with van der Waals surface area (Å²) in [6, 6.07) is 3.86. The lowest BCUT2D eigenvalue weighted by atomic mass is 10.0. The molecular weight excluding hydrogens is 292 g/mol. The molecule has 124 valence electrons. The van der Waals surface area contributed by atoms with Gasteiger partial charge in [0.2, 0.25) is 0 Å². The van der Waals surface area contributed by atoms with Crippen LogP contribution in [0.25, 0.3) is 5.82 Å². The minimum absolute atomic E-state index is 0.0912. The summed E-state index contributed by atoms with van der Waals surface area (Å²) in [5.74, 6) is 1.22. The molecule has 1 N–H and O–H groups in total. The Labute approximate surface area is 136 Å². The highest BCUT2D eigenvalue weighted by atomic mass is 16.2. The average Bonchev–Trinajstić information content (AvgIpc) is 3.05. The first-order valence-corrected chi connectivity index (χ1v) is 7.78. The fourth-order valence-electron chi connectivity index (χ4n) is 2.43. The zero-order valence-electron chi connectivity index (χ0n) is 14.1. The summed E-state index contributed by atoms with van der Waals surface area (Å²) < 4.78 is 1.59. The molecule has 0 spiro atoms. The van der Waals surface area contributed by atoms with Crippen LogP contribution in [0.4, 0.5) is 4.79 Å². The summed E-state index contributed by atoms with van der Waals surface area (Å²) in [6.07, 6.45) is 5.71. The van der Waals surface area contributed by atoms with Gasteiger partial charge in [-0.3, -0.25) is 0 Å². The van der Waals surface area contributed by atoms with E-state index < -0.39 is 0 Å². The third-order valence-corrected chi connectivity index (χ3v) is 3.73. The smallest absolute Gasteiger partial charge is 0.317 e. The van der Waals surface area contributed by atoms with E-state index in [9.17, 15) is 4.79 Å². The van der Waals surface area contributed by atoms with Gasteiger partial charge in [0.15, 0.2) is 5.82 Å². The van der Waals surface area contributed by atoms with E-state index in [1.54, 1.807) is 22.1 Å². The van der Waals surface area contributed by atoms with Crippen LogP contribution in [0, 0.1) is 5.92 Å². The van der Waals surface area contributed by atoms with Crippen molar-refractivity contribution < 1.29 is 4.79 Å². The van der Waals surface area contributed by atoms with E-state index in [1.807, 2.05) is 19.2 Å². The molecule has 2 aromatic heterocycles. The van der Waals surface area contributed by atoms with Crippen LogP contribution >= 0.6 is 0 Å². The predicted molar refractivity (Wildman–Crippen MR) is 88.1 cm³/mol. The Morgan fingerprint density at radius 3 is 2.83 bits per heavy atom. The van der Waals surface area contributed by atoms with Crippen LogP contribution in [0.1, 0.15) is 32.8 Å². The molecule has 0 saturated carbocycles. The van der Waals surface area contributed by atoms with Gasteiger partial charge in [0.1, 0.15) is 12.7 Å².